The van der Waals surface area contributed by atoms with Crippen LogP contribution in [-0.4, -0.2) is 18.1 Å². The summed E-state index contributed by atoms with van der Waals surface area (Å²) in [6.07, 6.45) is 0. The van der Waals surface area contributed by atoms with Gasteiger partial charge in [-0.25, -0.2) is 4.39 Å². The van der Waals surface area contributed by atoms with E-state index in [0.717, 1.165) is 0 Å². The number of halogens is 3. The van der Waals surface area contributed by atoms with Crippen molar-refractivity contribution in [3.8, 4) is 5.75 Å². The van der Waals surface area contributed by atoms with Gasteiger partial charge in [-0.1, -0.05) is 11.6 Å². The van der Waals surface area contributed by atoms with Crippen LogP contribution in [0.3, 0.4) is 0 Å². The molecule has 8 heteroatoms. The second kappa shape index (κ2) is 7.72. The van der Waals surface area contributed by atoms with Gasteiger partial charge in [0.15, 0.2) is 5.11 Å². The van der Waals surface area contributed by atoms with Crippen LogP contribution in [0.5, 0.6) is 5.75 Å². The van der Waals surface area contributed by atoms with E-state index >= 15 is 0 Å². The molecule has 0 bridgehead atoms. The summed E-state index contributed by atoms with van der Waals surface area (Å²) in [7, 11) is 1.53. The Balaban J connectivity index is 2.03. The van der Waals surface area contributed by atoms with E-state index in [0.29, 0.717) is 21.5 Å². The van der Waals surface area contributed by atoms with Gasteiger partial charge in [0.1, 0.15) is 11.6 Å². The third kappa shape index (κ3) is 4.63. The number of anilines is 1. The maximum Gasteiger partial charge on any atom is 0.257 e. The molecule has 4 nitrogen and oxygen atoms in total. The van der Waals surface area contributed by atoms with Gasteiger partial charge in [0.2, 0.25) is 0 Å². The van der Waals surface area contributed by atoms with Gasteiger partial charge in [0.25, 0.3) is 5.91 Å². The fourth-order valence-corrected chi connectivity index (χ4v) is 2.65. The standard InChI is InChI=1S/C15H11BrClFN2O2S/c1-22-13-5-2-8(6-10(13)16)14(21)20-15(23)19-9-3-4-12(18)11(17)7-9/h2-7H,1H3,(H2,19,20,21,23). The summed E-state index contributed by atoms with van der Waals surface area (Å²) < 4.78 is 18.8. The monoisotopic (exact) mass is 416 g/mol. The molecule has 2 aromatic rings. The number of carbonyl (C=O) groups is 1. The molecule has 0 saturated heterocycles. The van der Waals surface area contributed by atoms with Crippen LogP contribution in [0, 0.1) is 5.82 Å². The van der Waals surface area contributed by atoms with Crippen LogP contribution in [0.4, 0.5) is 10.1 Å². The Bertz CT molecular complexity index is 773. The van der Waals surface area contributed by atoms with Crippen molar-refractivity contribution in [1.29, 1.82) is 0 Å². The molecule has 0 spiro atoms. The molecule has 0 radical (unpaired) electrons. The number of thiocarbonyl (C=S) groups is 1. The highest BCUT2D eigenvalue weighted by Gasteiger charge is 2.11. The summed E-state index contributed by atoms with van der Waals surface area (Å²) in [5.41, 5.74) is 0.872. The zero-order valence-corrected chi connectivity index (χ0v) is 15.0. The molecule has 23 heavy (non-hydrogen) atoms. The van der Waals surface area contributed by atoms with Crippen molar-refractivity contribution in [2.75, 3.05) is 12.4 Å². The van der Waals surface area contributed by atoms with E-state index in [-0.39, 0.29) is 16.0 Å². The van der Waals surface area contributed by atoms with Gasteiger partial charge in [-0.15, -0.1) is 0 Å². The Labute approximate surface area is 151 Å². The fourth-order valence-electron chi connectivity index (χ4n) is 1.72. The summed E-state index contributed by atoms with van der Waals surface area (Å²) >= 11 is 14.0. The molecular weight excluding hydrogens is 407 g/mol. The van der Waals surface area contributed by atoms with E-state index < -0.39 is 5.82 Å². The number of amides is 1. The van der Waals surface area contributed by atoms with Gasteiger partial charge in [-0.3, -0.25) is 10.1 Å². The molecule has 0 unspecified atom stereocenters. The molecule has 0 aliphatic rings. The summed E-state index contributed by atoms with van der Waals surface area (Å²) in [6.45, 7) is 0. The topological polar surface area (TPSA) is 50.4 Å². The van der Waals surface area contributed by atoms with Gasteiger partial charge >= 0.3 is 0 Å². The SMILES string of the molecule is COc1ccc(C(=O)NC(=S)Nc2ccc(F)c(Cl)c2)cc1Br. The first-order valence-electron chi connectivity index (χ1n) is 6.31. The second-order valence-electron chi connectivity index (χ2n) is 4.39. The molecule has 2 aromatic carbocycles. The lowest BCUT2D eigenvalue weighted by Gasteiger charge is -2.11. The number of hydrogen-bond acceptors (Lipinski definition) is 3. The summed E-state index contributed by atoms with van der Waals surface area (Å²) in [5, 5.41) is 5.32. The molecule has 0 saturated carbocycles. The Morgan fingerprint density at radius 1 is 1.30 bits per heavy atom. The molecule has 0 aliphatic heterocycles. The number of ether oxygens (including phenoxy) is 1. The Morgan fingerprint density at radius 2 is 2.04 bits per heavy atom. The minimum atomic E-state index is -0.532. The number of hydrogen-bond donors (Lipinski definition) is 2. The van der Waals surface area contributed by atoms with E-state index in [2.05, 4.69) is 26.6 Å². The Kier molecular flexibility index (Phi) is 5.92. The molecular formula is C15H11BrClFN2O2S. The van der Waals surface area contributed by atoms with Gasteiger partial charge in [0.05, 0.1) is 16.6 Å². The molecule has 120 valence electrons. The van der Waals surface area contributed by atoms with Crippen LogP contribution in [0.2, 0.25) is 5.02 Å². The minimum absolute atomic E-state index is 0.0387. The molecule has 0 aliphatic carbocycles. The van der Waals surface area contributed by atoms with Gasteiger partial charge < -0.3 is 10.1 Å². The molecule has 1 amide bonds. The number of rotatable bonds is 3. The lowest BCUT2D eigenvalue weighted by atomic mass is 10.2. The van der Waals surface area contributed by atoms with Crippen LogP contribution in [-0.2, 0) is 0 Å². The highest BCUT2D eigenvalue weighted by Crippen LogP contribution is 2.25. The lowest BCUT2D eigenvalue weighted by molar-refractivity contribution is 0.0977. The van der Waals surface area contributed by atoms with Crippen LogP contribution >= 0.6 is 39.7 Å². The molecule has 0 fully saturated rings. The normalized spacial score (nSPS) is 10.1. The number of carbonyl (C=O) groups excluding carboxylic acids is 1. The largest absolute Gasteiger partial charge is 0.496 e. The highest BCUT2D eigenvalue weighted by molar-refractivity contribution is 9.10. The maximum absolute atomic E-state index is 13.1. The predicted molar refractivity (Wildman–Crippen MR) is 95.8 cm³/mol. The summed E-state index contributed by atoms with van der Waals surface area (Å²) in [5.74, 6) is -0.308. The quantitative estimate of drug-likeness (QED) is 0.728. The van der Waals surface area contributed by atoms with E-state index in [1.54, 1.807) is 18.2 Å². The van der Waals surface area contributed by atoms with Crippen molar-refractivity contribution in [2.45, 2.75) is 0 Å². The van der Waals surface area contributed by atoms with Crippen molar-refractivity contribution in [1.82, 2.24) is 5.32 Å². The Hall–Kier alpha value is -1.70. The first kappa shape index (κ1) is 17.7. The van der Waals surface area contributed by atoms with Crippen molar-refractivity contribution in [3.05, 3.63) is 57.3 Å². The maximum atomic E-state index is 13.1. The molecule has 0 aromatic heterocycles. The summed E-state index contributed by atoms with van der Waals surface area (Å²) in [4.78, 5) is 12.1. The summed E-state index contributed by atoms with van der Waals surface area (Å²) in [6, 6.07) is 8.93. The number of methoxy groups -OCH3 is 1. The first-order chi connectivity index (χ1) is 10.9. The molecule has 2 N–H and O–H groups in total. The fraction of sp³-hybridized carbons (Fsp3) is 0.0667. The van der Waals surface area contributed by atoms with Crippen LogP contribution in [0.15, 0.2) is 40.9 Å². The average Bonchev–Trinajstić information content (AvgIpc) is 2.50. The zero-order valence-electron chi connectivity index (χ0n) is 11.8. The van der Waals surface area contributed by atoms with Crippen molar-refractivity contribution in [2.24, 2.45) is 0 Å². The predicted octanol–water partition coefficient (Wildman–Crippen LogP) is 4.38. The average molecular weight is 418 g/mol. The van der Waals surface area contributed by atoms with Crippen LogP contribution < -0.4 is 15.4 Å². The van der Waals surface area contributed by atoms with Crippen LogP contribution in [0.1, 0.15) is 10.4 Å². The van der Waals surface area contributed by atoms with E-state index in [9.17, 15) is 9.18 Å². The van der Waals surface area contributed by atoms with Crippen molar-refractivity contribution >= 4 is 56.5 Å². The minimum Gasteiger partial charge on any atom is -0.496 e. The molecule has 2 rings (SSSR count). The van der Waals surface area contributed by atoms with Gasteiger partial charge in [-0.05, 0) is 64.5 Å². The van der Waals surface area contributed by atoms with E-state index in [1.165, 1.54) is 25.3 Å². The smallest absolute Gasteiger partial charge is 0.257 e. The molecule has 0 heterocycles. The third-order valence-electron chi connectivity index (χ3n) is 2.82. The zero-order chi connectivity index (χ0) is 17.0. The highest BCUT2D eigenvalue weighted by atomic mass is 79.9. The van der Waals surface area contributed by atoms with Gasteiger partial charge in [0, 0.05) is 11.3 Å². The second-order valence-corrected chi connectivity index (χ2v) is 6.06. The van der Waals surface area contributed by atoms with Gasteiger partial charge in [-0.2, -0.15) is 0 Å². The third-order valence-corrected chi connectivity index (χ3v) is 3.93. The first-order valence-corrected chi connectivity index (χ1v) is 7.89. The van der Waals surface area contributed by atoms with Crippen LogP contribution in [0.25, 0.3) is 0 Å². The number of benzene rings is 2. The Morgan fingerprint density at radius 3 is 2.65 bits per heavy atom. The van der Waals surface area contributed by atoms with E-state index in [4.69, 9.17) is 28.6 Å². The number of nitrogens with one attached hydrogen (secondary N) is 2. The molecule has 0 atom stereocenters. The van der Waals surface area contributed by atoms with E-state index in [1.807, 2.05) is 0 Å². The van der Waals surface area contributed by atoms with Crippen molar-refractivity contribution in [3.63, 3.8) is 0 Å². The van der Waals surface area contributed by atoms with Crippen molar-refractivity contribution < 1.29 is 13.9 Å². The lowest BCUT2D eigenvalue weighted by Crippen LogP contribution is -2.34.